The molecule has 0 fully saturated rings. The quantitative estimate of drug-likeness (QED) is 0.0320. The first-order valence-corrected chi connectivity index (χ1v) is 41.9. The number of carbonyl (C=O) groups is 2. The van der Waals surface area contributed by atoms with Gasteiger partial charge in [0.25, 0.3) is 0 Å². The van der Waals surface area contributed by atoms with Gasteiger partial charge >= 0.3 is 5.97 Å². The maximum atomic E-state index is 12.6. The topological polar surface area (TPSA) is 95.9 Å². The van der Waals surface area contributed by atoms with E-state index in [-0.39, 0.29) is 18.5 Å². The fourth-order valence-corrected chi connectivity index (χ4v) is 13.7. The smallest absolute Gasteiger partial charge is 0.305 e. The second kappa shape index (κ2) is 80.0. The summed E-state index contributed by atoms with van der Waals surface area (Å²) in [7, 11) is 0. The van der Waals surface area contributed by atoms with Crippen molar-refractivity contribution in [1.29, 1.82) is 0 Å². The minimum Gasteiger partial charge on any atom is -0.466 e. The molecule has 0 spiro atoms. The van der Waals surface area contributed by atoms with Crippen LogP contribution in [-0.2, 0) is 14.3 Å². The molecule has 0 saturated carbocycles. The molecule has 0 aliphatic rings. The van der Waals surface area contributed by atoms with Crippen LogP contribution in [0.5, 0.6) is 0 Å². The molecule has 6 nitrogen and oxygen atoms in total. The lowest BCUT2D eigenvalue weighted by molar-refractivity contribution is -0.143. The van der Waals surface area contributed by atoms with Gasteiger partial charge in [0.2, 0.25) is 5.91 Å². The van der Waals surface area contributed by atoms with E-state index in [4.69, 9.17) is 4.74 Å². The molecule has 0 radical (unpaired) electrons. The number of aliphatic hydroxyl groups excluding tert-OH is 2. The van der Waals surface area contributed by atoms with Crippen molar-refractivity contribution in [3.05, 3.63) is 12.2 Å². The number of unbranched alkanes of at least 4 members (excludes halogenated alkanes) is 67. The van der Waals surface area contributed by atoms with Crippen LogP contribution in [0.25, 0.3) is 0 Å². The Balaban J connectivity index is 3.30. The van der Waals surface area contributed by atoms with E-state index in [0.29, 0.717) is 25.9 Å². The zero-order valence-corrected chi connectivity index (χ0v) is 61.7. The molecular formula is C84H165NO5. The maximum absolute atomic E-state index is 12.6. The highest BCUT2D eigenvalue weighted by molar-refractivity contribution is 5.76. The van der Waals surface area contributed by atoms with Crippen molar-refractivity contribution in [2.24, 2.45) is 0 Å². The monoisotopic (exact) mass is 1270 g/mol. The summed E-state index contributed by atoms with van der Waals surface area (Å²) in [6.07, 6.45) is 102. The standard InChI is InChI=1S/C84H165NO5/c1-3-5-7-9-11-13-15-17-19-21-22-38-41-45-48-52-56-60-64-68-72-76-82(87)81(80-86)85-83(88)77-73-69-65-61-57-53-49-46-42-39-36-34-32-30-28-26-24-23-25-27-29-31-33-35-37-40-43-47-51-55-59-63-67-71-75-79-90-84(89)78-74-70-66-62-58-54-50-44-20-18-16-14-12-10-8-6-4-2/h18,20,81-82,86-87H,3-17,19,21-80H2,1-2H3,(H,85,88)/b20-18-. The van der Waals surface area contributed by atoms with Gasteiger partial charge in [-0.25, -0.2) is 0 Å². The highest BCUT2D eigenvalue weighted by atomic mass is 16.5. The molecule has 90 heavy (non-hydrogen) atoms. The Morgan fingerprint density at radius 1 is 0.300 bits per heavy atom. The van der Waals surface area contributed by atoms with E-state index in [1.54, 1.807) is 0 Å². The number of hydrogen-bond acceptors (Lipinski definition) is 5. The van der Waals surface area contributed by atoms with Crippen LogP contribution in [0.2, 0.25) is 0 Å². The predicted molar refractivity (Wildman–Crippen MR) is 398 cm³/mol. The summed E-state index contributed by atoms with van der Waals surface area (Å²) in [5.74, 6) is -0.00304. The SMILES string of the molecule is CCCCCCCC/C=C\CCCCCCCCCC(=O)OCCCCCCCCCCCCCCCCCCCCCCCCCCCCCCCCCCCCCC(=O)NC(CO)C(O)CCCCCCCCCCCCCCCCCCCCCCC. The van der Waals surface area contributed by atoms with Gasteiger partial charge in [-0.2, -0.15) is 0 Å². The molecule has 0 heterocycles. The van der Waals surface area contributed by atoms with Crippen molar-refractivity contribution < 1.29 is 24.5 Å². The molecule has 0 aromatic heterocycles. The Bertz CT molecular complexity index is 1370. The number of carbonyl (C=O) groups excluding carboxylic acids is 2. The molecule has 6 heteroatoms. The van der Waals surface area contributed by atoms with Gasteiger partial charge in [-0.3, -0.25) is 9.59 Å². The predicted octanol–water partition coefficient (Wildman–Crippen LogP) is 27.8. The van der Waals surface area contributed by atoms with Crippen molar-refractivity contribution in [3.63, 3.8) is 0 Å². The van der Waals surface area contributed by atoms with Crippen molar-refractivity contribution in [3.8, 4) is 0 Å². The van der Waals surface area contributed by atoms with Gasteiger partial charge in [0.05, 0.1) is 25.4 Å². The van der Waals surface area contributed by atoms with Crippen LogP contribution in [0.3, 0.4) is 0 Å². The molecule has 1 amide bonds. The zero-order valence-electron chi connectivity index (χ0n) is 61.7. The third-order valence-electron chi connectivity index (χ3n) is 20.1. The van der Waals surface area contributed by atoms with Crippen LogP contribution < -0.4 is 5.32 Å². The number of amides is 1. The summed E-state index contributed by atoms with van der Waals surface area (Å²) in [5.41, 5.74) is 0. The maximum Gasteiger partial charge on any atom is 0.305 e. The fourth-order valence-electron chi connectivity index (χ4n) is 13.7. The highest BCUT2D eigenvalue weighted by Gasteiger charge is 2.20. The number of rotatable bonds is 80. The van der Waals surface area contributed by atoms with E-state index >= 15 is 0 Å². The number of esters is 1. The minimum atomic E-state index is -0.661. The van der Waals surface area contributed by atoms with Crippen LogP contribution in [0.15, 0.2) is 12.2 Å². The van der Waals surface area contributed by atoms with Crippen LogP contribution in [0, 0.1) is 0 Å². The average Bonchev–Trinajstić information content (AvgIpc) is 3.67. The van der Waals surface area contributed by atoms with Gasteiger partial charge in [0.1, 0.15) is 0 Å². The molecule has 0 saturated heterocycles. The van der Waals surface area contributed by atoms with Gasteiger partial charge in [-0.15, -0.1) is 0 Å². The summed E-state index contributed by atoms with van der Waals surface area (Å²) in [5, 5.41) is 23.5. The Morgan fingerprint density at radius 3 is 0.789 bits per heavy atom. The van der Waals surface area contributed by atoms with Gasteiger partial charge < -0.3 is 20.3 Å². The van der Waals surface area contributed by atoms with Crippen LogP contribution in [0.4, 0.5) is 0 Å². The lowest BCUT2D eigenvalue weighted by Gasteiger charge is -2.22. The Labute approximate surface area is 565 Å². The number of nitrogens with one attached hydrogen (secondary N) is 1. The molecule has 2 atom stereocenters. The van der Waals surface area contributed by atoms with E-state index < -0.39 is 12.1 Å². The molecule has 0 aromatic carbocycles. The molecule has 3 N–H and O–H groups in total. The van der Waals surface area contributed by atoms with Gasteiger partial charge in [-0.05, 0) is 51.4 Å². The van der Waals surface area contributed by atoms with Crippen LogP contribution >= 0.6 is 0 Å². The van der Waals surface area contributed by atoms with Gasteiger partial charge in [0, 0.05) is 12.8 Å². The molecule has 0 bridgehead atoms. The lowest BCUT2D eigenvalue weighted by atomic mass is 10.0. The molecule has 536 valence electrons. The molecule has 0 aliphatic heterocycles. The first kappa shape index (κ1) is 88.6. The van der Waals surface area contributed by atoms with Gasteiger partial charge in [-0.1, -0.05) is 437 Å². The zero-order chi connectivity index (χ0) is 64.9. The summed E-state index contributed by atoms with van der Waals surface area (Å²) >= 11 is 0. The van der Waals surface area contributed by atoms with Crippen LogP contribution in [0.1, 0.15) is 489 Å². The van der Waals surface area contributed by atoms with E-state index in [0.717, 1.165) is 38.5 Å². The molecule has 0 rings (SSSR count). The number of hydrogen-bond donors (Lipinski definition) is 3. The molecule has 0 aromatic rings. The number of ether oxygens (including phenoxy) is 1. The largest absolute Gasteiger partial charge is 0.466 e. The van der Waals surface area contributed by atoms with E-state index in [1.165, 1.54) is 417 Å². The van der Waals surface area contributed by atoms with Crippen LogP contribution in [-0.4, -0.2) is 47.4 Å². The second-order valence-electron chi connectivity index (χ2n) is 29.2. The Hall–Kier alpha value is -1.40. The normalized spacial score (nSPS) is 12.4. The summed E-state index contributed by atoms with van der Waals surface area (Å²) in [6, 6.07) is -0.538. The van der Waals surface area contributed by atoms with E-state index in [9.17, 15) is 19.8 Å². The highest BCUT2D eigenvalue weighted by Crippen LogP contribution is 2.21. The Kier molecular flexibility index (Phi) is 78.8. The average molecular weight is 1270 g/mol. The molecule has 0 aliphatic carbocycles. The van der Waals surface area contributed by atoms with Crippen molar-refractivity contribution in [2.45, 2.75) is 501 Å². The summed E-state index contributed by atoms with van der Waals surface area (Å²) < 4.78 is 5.51. The number of aliphatic hydroxyl groups is 2. The minimum absolute atomic E-state index is 0.0206. The Morgan fingerprint density at radius 2 is 0.522 bits per heavy atom. The fraction of sp³-hybridized carbons (Fsp3) is 0.952. The third kappa shape index (κ3) is 75.6. The number of allylic oxidation sites excluding steroid dienone is 2. The lowest BCUT2D eigenvalue weighted by Crippen LogP contribution is -2.45. The first-order chi connectivity index (χ1) is 44.5. The van der Waals surface area contributed by atoms with Crippen molar-refractivity contribution in [1.82, 2.24) is 5.32 Å². The molecular weight excluding hydrogens is 1100 g/mol. The molecule has 2 unspecified atom stereocenters. The van der Waals surface area contributed by atoms with Gasteiger partial charge in [0.15, 0.2) is 0 Å². The summed E-state index contributed by atoms with van der Waals surface area (Å²) in [6.45, 7) is 5.01. The third-order valence-corrected chi connectivity index (χ3v) is 20.1. The van der Waals surface area contributed by atoms with E-state index in [2.05, 4.69) is 31.3 Å². The van der Waals surface area contributed by atoms with Crippen molar-refractivity contribution >= 4 is 11.9 Å². The summed E-state index contributed by atoms with van der Waals surface area (Å²) in [4.78, 5) is 24.7. The second-order valence-corrected chi connectivity index (χ2v) is 29.2. The van der Waals surface area contributed by atoms with Crippen molar-refractivity contribution in [2.75, 3.05) is 13.2 Å². The first-order valence-electron chi connectivity index (χ1n) is 41.9. The van der Waals surface area contributed by atoms with E-state index in [1.807, 2.05) is 0 Å².